The van der Waals surface area contributed by atoms with Gasteiger partial charge in [-0.05, 0) is 57.1 Å². The molecule has 120 valence electrons. The lowest BCUT2D eigenvalue weighted by atomic mass is 9.98. The van der Waals surface area contributed by atoms with E-state index in [2.05, 4.69) is 5.32 Å². The molecular formula is C17H24N2O3. The molecule has 22 heavy (non-hydrogen) atoms. The highest BCUT2D eigenvalue weighted by molar-refractivity contribution is 6.01. The summed E-state index contributed by atoms with van der Waals surface area (Å²) in [6, 6.07) is 5.83. The molecule has 1 heterocycles. The van der Waals surface area contributed by atoms with Gasteiger partial charge in [0.05, 0.1) is 6.04 Å². The molecule has 0 spiro atoms. The van der Waals surface area contributed by atoms with Gasteiger partial charge >= 0.3 is 0 Å². The van der Waals surface area contributed by atoms with Crippen molar-refractivity contribution in [3.8, 4) is 5.75 Å². The molecule has 0 aromatic heterocycles. The van der Waals surface area contributed by atoms with Gasteiger partial charge in [0.2, 0.25) is 5.91 Å². The first kappa shape index (κ1) is 16.5. The summed E-state index contributed by atoms with van der Waals surface area (Å²) < 4.78 is 0. The molecule has 0 unspecified atom stereocenters. The van der Waals surface area contributed by atoms with Crippen molar-refractivity contribution >= 4 is 11.7 Å². The first-order chi connectivity index (χ1) is 10.5. The normalized spacial score (nSPS) is 17.0. The molecule has 2 N–H and O–H groups in total. The zero-order valence-corrected chi connectivity index (χ0v) is 13.2. The maximum atomic E-state index is 12.7. The number of amides is 1. The molecule has 1 saturated heterocycles. The summed E-state index contributed by atoms with van der Waals surface area (Å²) in [5.74, 6) is 0.0657. The smallest absolute Gasteiger partial charge is 0.223 e. The summed E-state index contributed by atoms with van der Waals surface area (Å²) in [5, 5.41) is 12.6. The summed E-state index contributed by atoms with van der Waals surface area (Å²) in [6.07, 6.45) is 2.15. The molecule has 2 rings (SSSR count). The highest BCUT2D eigenvalue weighted by atomic mass is 16.3. The van der Waals surface area contributed by atoms with Crippen molar-refractivity contribution in [2.75, 3.05) is 13.1 Å². The Morgan fingerprint density at radius 3 is 2.41 bits per heavy atom. The van der Waals surface area contributed by atoms with Crippen LogP contribution in [0.5, 0.6) is 5.75 Å². The maximum Gasteiger partial charge on any atom is 0.223 e. The SMILES string of the molecule is CCC(=O)N(C1CCNCC1)[C@@H](C)C(=O)c1ccc(O)cc1. The molecule has 1 aliphatic rings. The zero-order valence-electron chi connectivity index (χ0n) is 13.2. The number of benzene rings is 1. The van der Waals surface area contributed by atoms with E-state index in [1.807, 2.05) is 6.92 Å². The monoisotopic (exact) mass is 304 g/mol. The number of piperidine rings is 1. The minimum atomic E-state index is -0.486. The van der Waals surface area contributed by atoms with Crippen LogP contribution in [0, 0.1) is 0 Å². The van der Waals surface area contributed by atoms with Crippen molar-refractivity contribution in [1.29, 1.82) is 0 Å². The molecule has 5 heteroatoms. The number of phenols is 1. The van der Waals surface area contributed by atoms with Crippen LogP contribution in [0.3, 0.4) is 0 Å². The Hall–Kier alpha value is -1.88. The fourth-order valence-corrected chi connectivity index (χ4v) is 3.00. The van der Waals surface area contributed by atoms with Crippen molar-refractivity contribution < 1.29 is 14.7 Å². The average molecular weight is 304 g/mol. The molecule has 1 atom stereocenters. The number of nitrogens with one attached hydrogen (secondary N) is 1. The van der Waals surface area contributed by atoms with Crippen molar-refractivity contribution in [3.63, 3.8) is 0 Å². The average Bonchev–Trinajstić information content (AvgIpc) is 2.55. The van der Waals surface area contributed by atoms with E-state index in [4.69, 9.17) is 0 Å². The lowest BCUT2D eigenvalue weighted by molar-refractivity contribution is -0.135. The van der Waals surface area contributed by atoms with Gasteiger partial charge in [-0.1, -0.05) is 6.92 Å². The largest absolute Gasteiger partial charge is 0.508 e. The highest BCUT2D eigenvalue weighted by Crippen LogP contribution is 2.20. The van der Waals surface area contributed by atoms with Crippen LogP contribution in [0.1, 0.15) is 43.5 Å². The van der Waals surface area contributed by atoms with Crippen molar-refractivity contribution in [2.24, 2.45) is 0 Å². The van der Waals surface area contributed by atoms with Crippen LogP contribution in [0.2, 0.25) is 0 Å². The predicted octanol–water partition coefficient (Wildman–Crippen LogP) is 1.95. The molecule has 1 aliphatic heterocycles. The van der Waals surface area contributed by atoms with Crippen LogP contribution in [-0.2, 0) is 4.79 Å². The van der Waals surface area contributed by atoms with Crippen LogP contribution in [0.25, 0.3) is 0 Å². The molecule has 5 nitrogen and oxygen atoms in total. The lowest BCUT2D eigenvalue weighted by Gasteiger charge is -2.38. The van der Waals surface area contributed by atoms with Crippen LogP contribution >= 0.6 is 0 Å². The number of nitrogens with zero attached hydrogens (tertiary/aromatic N) is 1. The minimum absolute atomic E-state index is 0.0199. The Balaban J connectivity index is 2.20. The van der Waals surface area contributed by atoms with Gasteiger partial charge in [0.25, 0.3) is 0 Å². The summed E-state index contributed by atoms with van der Waals surface area (Å²) in [4.78, 5) is 26.8. The molecule has 1 aromatic rings. The fraction of sp³-hybridized carbons (Fsp3) is 0.529. The molecule has 0 bridgehead atoms. The third-order valence-corrected chi connectivity index (χ3v) is 4.24. The van der Waals surface area contributed by atoms with E-state index in [0.29, 0.717) is 12.0 Å². The Kier molecular flexibility index (Phi) is 5.55. The van der Waals surface area contributed by atoms with E-state index in [0.717, 1.165) is 25.9 Å². The van der Waals surface area contributed by atoms with Crippen molar-refractivity contribution in [3.05, 3.63) is 29.8 Å². The summed E-state index contributed by atoms with van der Waals surface area (Å²) in [5.41, 5.74) is 0.521. The van der Waals surface area contributed by atoms with Gasteiger partial charge in [0.15, 0.2) is 5.78 Å². The zero-order chi connectivity index (χ0) is 16.1. The van der Waals surface area contributed by atoms with E-state index >= 15 is 0 Å². The van der Waals surface area contributed by atoms with Crippen LogP contribution in [0.4, 0.5) is 0 Å². The highest BCUT2D eigenvalue weighted by Gasteiger charge is 2.32. The molecule has 1 aromatic carbocycles. The van der Waals surface area contributed by atoms with E-state index in [9.17, 15) is 14.7 Å². The molecule has 1 fully saturated rings. The van der Waals surface area contributed by atoms with Crippen molar-refractivity contribution in [2.45, 2.75) is 45.2 Å². The van der Waals surface area contributed by atoms with Gasteiger partial charge in [-0.2, -0.15) is 0 Å². The second-order valence-corrected chi connectivity index (χ2v) is 5.72. The number of hydrogen-bond donors (Lipinski definition) is 2. The van der Waals surface area contributed by atoms with Gasteiger partial charge in [-0.15, -0.1) is 0 Å². The molecular weight excluding hydrogens is 280 g/mol. The Morgan fingerprint density at radius 2 is 1.86 bits per heavy atom. The maximum absolute atomic E-state index is 12.7. The third kappa shape index (κ3) is 3.65. The minimum Gasteiger partial charge on any atom is -0.508 e. The third-order valence-electron chi connectivity index (χ3n) is 4.24. The summed E-state index contributed by atoms with van der Waals surface area (Å²) >= 11 is 0. The number of aromatic hydroxyl groups is 1. The number of carbonyl (C=O) groups excluding carboxylic acids is 2. The number of phenolic OH excluding ortho intramolecular Hbond substituents is 1. The number of hydrogen-bond acceptors (Lipinski definition) is 4. The van der Waals surface area contributed by atoms with Crippen LogP contribution < -0.4 is 5.32 Å². The van der Waals surface area contributed by atoms with Crippen LogP contribution in [-0.4, -0.2) is 46.9 Å². The Labute approximate surface area is 131 Å². The Bertz CT molecular complexity index is 521. The topological polar surface area (TPSA) is 69.6 Å². The molecule has 0 aliphatic carbocycles. The summed E-state index contributed by atoms with van der Waals surface area (Å²) in [6.45, 7) is 5.37. The number of Topliss-reactive ketones (excluding diaryl/α,β-unsaturated/α-hetero) is 1. The van der Waals surface area contributed by atoms with Crippen molar-refractivity contribution in [1.82, 2.24) is 10.2 Å². The number of rotatable bonds is 5. The van der Waals surface area contributed by atoms with Gasteiger partial charge in [-0.25, -0.2) is 0 Å². The predicted molar refractivity (Wildman–Crippen MR) is 84.9 cm³/mol. The van der Waals surface area contributed by atoms with E-state index in [1.54, 1.807) is 24.0 Å². The van der Waals surface area contributed by atoms with Gasteiger partial charge in [0.1, 0.15) is 5.75 Å². The molecule has 0 radical (unpaired) electrons. The quantitative estimate of drug-likeness (QED) is 0.816. The number of ketones is 1. The van der Waals surface area contributed by atoms with E-state index < -0.39 is 6.04 Å². The summed E-state index contributed by atoms with van der Waals surface area (Å²) in [7, 11) is 0. The van der Waals surface area contributed by atoms with E-state index in [-0.39, 0.29) is 23.5 Å². The van der Waals surface area contributed by atoms with Gasteiger partial charge in [-0.3, -0.25) is 9.59 Å². The molecule has 1 amide bonds. The standard InChI is InChI=1S/C17H24N2O3/c1-3-16(21)19(14-8-10-18-11-9-14)12(2)17(22)13-4-6-15(20)7-5-13/h4-7,12,14,18,20H,3,8-11H2,1-2H3/t12-/m0/s1. The van der Waals surface area contributed by atoms with Gasteiger partial charge < -0.3 is 15.3 Å². The van der Waals surface area contributed by atoms with Gasteiger partial charge in [0, 0.05) is 18.0 Å². The molecule has 0 saturated carbocycles. The Morgan fingerprint density at radius 1 is 1.27 bits per heavy atom. The number of carbonyl (C=O) groups is 2. The van der Waals surface area contributed by atoms with E-state index in [1.165, 1.54) is 12.1 Å². The fourth-order valence-electron chi connectivity index (χ4n) is 3.00. The second kappa shape index (κ2) is 7.40. The van der Waals surface area contributed by atoms with Crippen LogP contribution in [0.15, 0.2) is 24.3 Å². The first-order valence-corrected chi connectivity index (χ1v) is 7.89. The first-order valence-electron chi connectivity index (χ1n) is 7.89. The lowest BCUT2D eigenvalue weighted by Crippen LogP contribution is -2.52. The second-order valence-electron chi connectivity index (χ2n) is 5.72.